The van der Waals surface area contributed by atoms with Gasteiger partial charge in [-0.1, -0.05) is 24.3 Å². The smallest absolute Gasteiger partial charge is 0.372 e. The summed E-state index contributed by atoms with van der Waals surface area (Å²) < 4.78 is 40.3. The number of alkyl halides is 3. The van der Waals surface area contributed by atoms with Crippen molar-refractivity contribution in [2.24, 2.45) is 5.73 Å². The summed E-state index contributed by atoms with van der Waals surface area (Å²) in [5, 5.41) is 0. The minimum absolute atomic E-state index is 0.106. The van der Waals surface area contributed by atoms with Crippen LogP contribution in [-0.2, 0) is 17.6 Å². The molecule has 1 aliphatic carbocycles. The van der Waals surface area contributed by atoms with Crippen molar-refractivity contribution in [2.75, 3.05) is 13.2 Å². The van der Waals surface area contributed by atoms with E-state index in [9.17, 15) is 13.2 Å². The fourth-order valence-corrected chi connectivity index (χ4v) is 2.61. The normalized spacial score (nSPS) is 17.5. The largest absolute Gasteiger partial charge is 0.411 e. The lowest BCUT2D eigenvalue weighted by Crippen LogP contribution is -2.40. The highest BCUT2D eigenvalue weighted by Gasteiger charge is 2.33. The Morgan fingerprint density at radius 3 is 2.26 bits per heavy atom. The van der Waals surface area contributed by atoms with E-state index in [-0.39, 0.29) is 12.1 Å². The second-order valence-corrected chi connectivity index (χ2v) is 5.26. The molecule has 0 aliphatic heterocycles. The van der Waals surface area contributed by atoms with Crippen LogP contribution in [0.3, 0.4) is 0 Å². The molecule has 5 heteroatoms. The van der Waals surface area contributed by atoms with E-state index in [1.54, 1.807) is 0 Å². The Kier molecular flexibility index (Phi) is 4.16. The van der Waals surface area contributed by atoms with Crippen LogP contribution in [0, 0.1) is 0 Å². The number of nitrogens with two attached hydrogens (primary N) is 1. The summed E-state index contributed by atoms with van der Waals surface area (Å²) in [4.78, 5) is 0. The van der Waals surface area contributed by atoms with Gasteiger partial charge in [0.1, 0.15) is 6.61 Å². The average molecular weight is 273 g/mol. The number of rotatable bonds is 5. The number of halogens is 3. The Balaban J connectivity index is 1.73. The van der Waals surface area contributed by atoms with Crippen LogP contribution in [-0.4, -0.2) is 24.9 Å². The van der Waals surface area contributed by atoms with Crippen molar-refractivity contribution in [2.45, 2.75) is 37.4 Å². The molecule has 0 radical (unpaired) electrons. The lowest BCUT2D eigenvalue weighted by atomic mass is 9.91. The van der Waals surface area contributed by atoms with E-state index in [0.29, 0.717) is 12.8 Å². The van der Waals surface area contributed by atoms with Crippen molar-refractivity contribution in [3.8, 4) is 0 Å². The van der Waals surface area contributed by atoms with Crippen LogP contribution in [0.2, 0.25) is 0 Å². The van der Waals surface area contributed by atoms with Gasteiger partial charge in [0.25, 0.3) is 0 Å². The van der Waals surface area contributed by atoms with Gasteiger partial charge in [-0.3, -0.25) is 0 Å². The Hall–Kier alpha value is -1.07. The third-order valence-electron chi connectivity index (χ3n) is 3.43. The molecule has 0 amide bonds. The molecular weight excluding hydrogens is 255 g/mol. The highest BCUT2D eigenvalue weighted by atomic mass is 19.4. The second kappa shape index (κ2) is 5.51. The topological polar surface area (TPSA) is 35.2 Å². The maximum atomic E-state index is 11.9. The zero-order valence-electron chi connectivity index (χ0n) is 10.7. The molecule has 0 bridgehead atoms. The lowest BCUT2D eigenvalue weighted by Gasteiger charge is -2.23. The molecule has 106 valence electrons. The van der Waals surface area contributed by atoms with Crippen LogP contribution in [0.5, 0.6) is 0 Å². The first-order chi connectivity index (χ1) is 8.88. The summed E-state index contributed by atoms with van der Waals surface area (Å²) in [5.41, 5.74) is 8.47. The molecule has 0 spiro atoms. The number of benzene rings is 1. The standard InChI is InChI=1S/C14H18F3NO/c15-14(16,17)10-19-7-3-6-13(18)8-11-4-1-2-5-12(11)9-13/h1-2,4-5H,3,6-10,18H2. The van der Waals surface area contributed by atoms with Gasteiger partial charge in [-0.15, -0.1) is 0 Å². The summed E-state index contributed by atoms with van der Waals surface area (Å²) in [5.74, 6) is 0. The van der Waals surface area contributed by atoms with Crippen LogP contribution >= 0.6 is 0 Å². The molecule has 2 N–H and O–H groups in total. The van der Waals surface area contributed by atoms with Crippen molar-refractivity contribution in [1.29, 1.82) is 0 Å². The van der Waals surface area contributed by atoms with Gasteiger partial charge in [0.05, 0.1) is 0 Å². The van der Waals surface area contributed by atoms with Gasteiger partial charge in [-0.05, 0) is 36.8 Å². The lowest BCUT2D eigenvalue weighted by molar-refractivity contribution is -0.174. The Morgan fingerprint density at radius 2 is 1.74 bits per heavy atom. The first-order valence-electron chi connectivity index (χ1n) is 6.38. The molecule has 0 fully saturated rings. The van der Waals surface area contributed by atoms with Gasteiger partial charge in [0.15, 0.2) is 0 Å². The number of hydrogen-bond donors (Lipinski definition) is 1. The third-order valence-corrected chi connectivity index (χ3v) is 3.43. The summed E-state index contributed by atoms with van der Waals surface area (Å²) in [6, 6.07) is 8.09. The third kappa shape index (κ3) is 4.21. The summed E-state index contributed by atoms with van der Waals surface area (Å²) in [6.07, 6.45) is -1.42. The van der Waals surface area contributed by atoms with E-state index in [1.165, 1.54) is 11.1 Å². The summed E-state index contributed by atoms with van der Waals surface area (Å²) >= 11 is 0. The van der Waals surface area contributed by atoms with Gasteiger partial charge in [-0.2, -0.15) is 13.2 Å². The number of hydrogen-bond acceptors (Lipinski definition) is 2. The van der Waals surface area contributed by atoms with Gasteiger partial charge in [0.2, 0.25) is 0 Å². The van der Waals surface area contributed by atoms with Crippen LogP contribution in [0.1, 0.15) is 24.0 Å². The first kappa shape index (κ1) is 14.3. The van der Waals surface area contributed by atoms with Gasteiger partial charge < -0.3 is 10.5 Å². The maximum Gasteiger partial charge on any atom is 0.411 e. The van der Waals surface area contributed by atoms with Crippen molar-refractivity contribution >= 4 is 0 Å². The fourth-order valence-electron chi connectivity index (χ4n) is 2.61. The zero-order valence-corrected chi connectivity index (χ0v) is 10.7. The van der Waals surface area contributed by atoms with E-state index in [0.717, 1.165) is 12.8 Å². The second-order valence-electron chi connectivity index (χ2n) is 5.26. The highest BCUT2D eigenvalue weighted by Crippen LogP contribution is 2.31. The van der Waals surface area contributed by atoms with Gasteiger partial charge in [0, 0.05) is 12.1 Å². The van der Waals surface area contributed by atoms with Crippen molar-refractivity contribution in [1.82, 2.24) is 0 Å². The summed E-state index contributed by atoms with van der Waals surface area (Å²) in [7, 11) is 0. The molecule has 0 unspecified atom stereocenters. The fraction of sp³-hybridized carbons (Fsp3) is 0.571. The van der Waals surface area contributed by atoms with Crippen LogP contribution in [0.25, 0.3) is 0 Å². The molecular formula is C14H18F3NO. The predicted molar refractivity (Wildman–Crippen MR) is 66.9 cm³/mol. The minimum atomic E-state index is -4.25. The Bertz CT molecular complexity index is 406. The molecule has 0 atom stereocenters. The van der Waals surface area contributed by atoms with Crippen molar-refractivity contribution in [3.05, 3.63) is 35.4 Å². The average Bonchev–Trinajstić information content (AvgIpc) is 2.63. The van der Waals surface area contributed by atoms with E-state index in [2.05, 4.69) is 16.9 Å². The molecule has 0 heterocycles. The van der Waals surface area contributed by atoms with Crippen LogP contribution in [0.15, 0.2) is 24.3 Å². The van der Waals surface area contributed by atoms with Crippen LogP contribution < -0.4 is 5.73 Å². The summed E-state index contributed by atoms with van der Waals surface area (Å²) in [6.45, 7) is -1.07. The molecule has 19 heavy (non-hydrogen) atoms. The molecule has 1 aromatic carbocycles. The molecule has 1 aromatic rings. The van der Waals surface area contributed by atoms with Gasteiger partial charge in [-0.25, -0.2) is 0 Å². The number of fused-ring (bicyclic) bond motifs is 1. The Labute approximate surface area is 110 Å². The molecule has 0 saturated heterocycles. The number of ether oxygens (including phenoxy) is 1. The zero-order chi connectivity index (χ0) is 13.9. The highest BCUT2D eigenvalue weighted by molar-refractivity contribution is 5.35. The Morgan fingerprint density at radius 1 is 1.16 bits per heavy atom. The quantitative estimate of drug-likeness (QED) is 0.837. The monoisotopic (exact) mass is 273 g/mol. The van der Waals surface area contributed by atoms with E-state index < -0.39 is 12.8 Å². The molecule has 1 aliphatic rings. The predicted octanol–water partition coefficient (Wildman–Crippen LogP) is 2.84. The first-order valence-corrected chi connectivity index (χ1v) is 6.38. The van der Waals surface area contributed by atoms with Crippen LogP contribution in [0.4, 0.5) is 13.2 Å². The SMILES string of the molecule is NC1(CCCOCC(F)(F)F)Cc2ccccc2C1. The maximum absolute atomic E-state index is 11.9. The van der Waals surface area contributed by atoms with E-state index >= 15 is 0 Å². The molecule has 2 rings (SSSR count). The minimum Gasteiger partial charge on any atom is -0.372 e. The van der Waals surface area contributed by atoms with Gasteiger partial charge >= 0.3 is 6.18 Å². The molecule has 0 saturated carbocycles. The van der Waals surface area contributed by atoms with E-state index in [1.807, 2.05) is 12.1 Å². The van der Waals surface area contributed by atoms with Crippen molar-refractivity contribution in [3.63, 3.8) is 0 Å². The molecule has 2 nitrogen and oxygen atoms in total. The molecule has 0 aromatic heterocycles. The van der Waals surface area contributed by atoms with Crippen molar-refractivity contribution < 1.29 is 17.9 Å². The van der Waals surface area contributed by atoms with E-state index in [4.69, 9.17) is 5.73 Å².